The Morgan fingerprint density at radius 2 is 1.73 bits per heavy atom. The minimum atomic E-state index is -1.07. The molecule has 1 fully saturated rings. The van der Waals surface area contributed by atoms with Gasteiger partial charge in [0.05, 0.1) is 24.4 Å². The van der Waals surface area contributed by atoms with Crippen LogP contribution in [0.3, 0.4) is 0 Å². The molecule has 10 heteroatoms. The van der Waals surface area contributed by atoms with Crippen molar-refractivity contribution < 1.29 is 34.1 Å². The highest BCUT2D eigenvalue weighted by Crippen LogP contribution is 2.44. The Labute approximate surface area is 239 Å². The largest absolute Gasteiger partial charge is 0.508 e. The number of esters is 1. The Hall–Kier alpha value is -4.96. The fourth-order valence-electron chi connectivity index (χ4n) is 4.60. The summed E-state index contributed by atoms with van der Waals surface area (Å²) in [5.74, 6) is -2.26. The second-order valence-electron chi connectivity index (χ2n) is 9.47. The molecule has 1 aromatic heterocycles. The van der Waals surface area contributed by atoms with E-state index in [9.17, 15) is 24.6 Å². The van der Waals surface area contributed by atoms with Crippen LogP contribution in [0.5, 0.6) is 11.5 Å². The number of ether oxygens (including phenoxy) is 2. The van der Waals surface area contributed by atoms with Gasteiger partial charge in [0.15, 0.2) is 5.13 Å². The number of carbonyl (C=O) groups is 3. The lowest BCUT2D eigenvalue weighted by atomic mass is 9.95. The average Bonchev–Trinajstić information content (AvgIpc) is 3.48. The maximum Gasteiger partial charge on any atom is 0.350 e. The SMILES string of the molecule is COC(=O)c1sc(N2C(=O)C(=O)C(=C(O)c3ccc(OCc4cccc(C)c4)cc3)C2c2ccc(O)cc2)nc1C. The summed E-state index contributed by atoms with van der Waals surface area (Å²) in [4.78, 5) is 44.7. The van der Waals surface area contributed by atoms with Crippen LogP contribution in [0.2, 0.25) is 0 Å². The van der Waals surface area contributed by atoms with Crippen molar-refractivity contribution in [1.29, 1.82) is 0 Å². The lowest BCUT2D eigenvalue weighted by Gasteiger charge is -2.23. The lowest BCUT2D eigenvalue weighted by molar-refractivity contribution is -0.132. The second-order valence-corrected chi connectivity index (χ2v) is 10.4. The van der Waals surface area contributed by atoms with Gasteiger partial charge in [-0.2, -0.15) is 0 Å². The number of hydrogen-bond donors (Lipinski definition) is 2. The van der Waals surface area contributed by atoms with E-state index in [2.05, 4.69) is 4.98 Å². The van der Waals surface area contributed by atoms with Gasteiger partial charge in [-0.05, 0) is 61.4 Å². The molecule has 0 aliphatic carbocycles. The van der Waals surface area contributed by atoms with Crippen molar-refractivity contribution in [2.24, 2.45) is 0 Å². The minimum absolute atomic E-state index is 0.00924. The lowest BCUT2D eigenvalue weighted by Crippen LogP contribution is -2.29. The topological polar surface area (TPSA) is 126 Å². The highest BCUT2D eigenvalue weighted by Gasteiger charge is 2.48. The van der Waals surface area contributed by atoms with E-state index in [1.165, 1.54) is 19.2 Å². The van der Waals surface area contributed by atoms with E-state index in [4.69, 9.17) is 9.47 Å². The molecule has 9 nitrogen and oxygen atoms in total. The van der Waals surface area contributed by atoms with Crippen LogP contribution in [-0.4, -0.2) is 40.0 Å². The van der Waals surface area contributed by atoms with Crippen molar-refractivity contribution in [2.45, 2.75) is 26.5 Å². The van der Waals surface area contributed by atoms with Crippen LogP contribution in [0.15, 0.2) is 78.4 Å². The number of amides is 1. The zero-order chi connectivity index (χ0) is 29.3. The van der Waals surface area contributed by atoms with Gasteiger partial charge in [-0.15, -0.1) is 0 Å². The smallest absolute Gasteiger partial charge is 0.350 e. The molecule has 0 bridgehead atoms. The number of aliphatic hydroxyl groups excluding tert-OH is 1. The zero-order valence-electron chi connectivity index (χ0n) is 22.5. The standard InChI is InChI=1S/C31H26N2O7S/c1-17-5-4-6-19(15-17)16-40-23-13-9-21(10-14-23)26(35)24-25(20-7-11-22(34)12-8-20)33(29(37)27(24)36)31-32-18(2)28(41-31)30(38)39-3/h4-15,25,34-35H,16H2,1-3H3. The molecule has 208 valence electrons. The van der Waals surface area contributed by atoms with Crippen LogP contribution in [0.4, 0.5) is 5.13 Å². The molecule has 41 heavy (non-hydrogen) atoms. The van der Waals surface area contributed by atoms with Crippen LogP contribution < -0.4 is 9.64 Å². The van der Waals surface area contributed by atoms with E-state index in [-0.39, 0.29) is 27.1 Å². The number of anilines is 1. The summed E-state index contributed by atoms with van der Waals surface area (Å²) in [7, 11) is 1.24. The number of aryl methyl sites for hydroxylation is 2. The number of methoxy groups -OCH3 is 1. The van der Waals surface area contributed by atoms with E-state index in [0.717, 1.165) is 27.4 Å². The third-order valence-corrected chi connectivity index (χ3v) is 7.77. The molecule has 0 spiro atoms. The predicted octanol–water partition coefficient (Wildman–Crippen LogP) is 5.46. The number of Topliss-reactive ketones (excluding diaryl/α,β-unsaturated/α-hetero) is 1. The summed E-state index contributed by atoms with van der Waals surface area (Å²) in [6.07, 6.45) is 0. The first-order valence-electron chi connectivity index (χ1n) is 12.6. The number of ketones is 1. The summed E-state index contributed by atoms with van der Waals surface area (Å²) in [5.41, 5.74) is 3.08. The molecule has 1 atom stereocenters. The molecule has 1 amide bonds. The highest BCUT2D eigenvalue weighted by atomic mass is 32.1. The van der Waals surface area contributed by atoms with Crippen molar-refractivity contribution in [1.82, 2.24) is 4.98 Å². The van der Waals surface area contributed by atoms with Gasteiger partial charge in [0.25, 0.3) is 5.78 Å². The van der Waals surface area contributed by atoms with Crippen LogP contribution in [0.25, 0.3) is 5.76 Å². The summed E-state index contributed by atoms with van der Waals surface area (Å²) >= 11 is 0.910. The third kappa shape index (κ3) is 5.42. The van der Waals surface area contributed by atoms with E-state index in [1.807, 2.05) is 31.2 Å². The molecule has 1 aliphatic rings. The average molecular weight is 571 g/mol. The van der Waals surface area contributed by atoms with Gasteiger partial charge in [-0.1, -0.05) is 53.3 Å². The van der Waals surface area contributed by atoms with Gasteiger partial charge in [-0.25, -0.2) is 9.78 Å². The molecule has 1 saturated heterocycles. The first kappa shape index (κ1) is 27.6. The Bertz CT molecular complexity index is 1670. The fraction of sp³-hybridized carbons (Fsp3) is 0.161. The highest BCUT2D eigenvalue weighted by molar-refractivity contribution is 7.17. The molecule has 1 unspecified atom stereocenters. The van der Waals surface area contributed by atoms with Crippen LogP contribution in [-0.2, 0) is 20.9 Å². The first-order valence-corrected chi connectivity index (χ1v) is 13.4. The number of aliphatic hydroxyl groups is 1. The number of hydrogen-bond acceptors (Lipinski definition) is 9. The molecule has 0 saturated carbocycles. The molecule has 2 heterocycles. The number of aromatic hydroxyl groups is 1. The van der Waals surface area contributed by atoms with Gasteiger partial charge in [0.2, 0.25) is 0 Å². The maximum absolute atomic E-state index is 13.4. The third-order valence-electron chi connectivity index (χ3n) is 6.63. The molecule has 0 radical (unpaired) electrons. The summed E-state index contributed by atoms with van der Waals surface area (Å²) in [6, 6.07) is 19.4. The molecule has 1 aliphatic heterocycles. The Morgan fingerprint density at radius 3 is 2.39 bits per heavy atom. The van der Waals surface area contributed by atoms with E-state index in [0.29, 0.717) is 29.2 Å². The number of phenolic OH excluding ortho intramolecular Hbond substituents is 1. The van der Waals surface area contributed by atoms with Crippen LogP contribution in [0.1, 0.15) is 43.7 Å². The summed E-state index contributed by atoms with van der Waals surface area (Å²) < 4.78 is 10.7. The van der Waals surface area contributed by atoms with Crippen molar-refractivity contribution in [2.75, 3.05) is 12.0 Å². The normalized spacial score (nSPS) is 16.2. The molecular weight excluding hydrogens is 544 g/mol. The van der Waals surface area contributed by atoms with Crippen LogP contribution >= 0.6 is 11.3 Å². The summed E-state index contributed by atoms with van der Waals surface area (Å²) in [6.45, 7) is 3.96. The van der Waals surface area contributed by atoms with Crippen LogP contribution in [0, 0.1) is 13.8 Å². The first-order chi connectivity index (χ1) is 19.7. The van der Waals surface area contributed by atoms with Crippen molar-refractivity contribution >= 4 is 39.9 Å². The van der Waals surface area contributed by atoms with Gasteiger partial charge in [-0.3, -0.25) is 14.5 Å². The number of rotatable bonds is 7. The van der Waals surface area contributed by atoms with Crippen molar-refractivity contribution in [3.05, 3.63) is 111 Å². The monoisotopic (exact) mass is 570 g/mol. The maximum atomic E-state index is 13.4. The van der Waals surface area contributed by atoms with Gasteiger partial charge < -0.3 is 19.7 Å². The van der Waals surface area contributed by atoms with Crippen molar-refractivity contribution in [3.63, 3.8) is 0 Å². The number of thiazole rings is 1. The second kappa shape index (κ2) is 11.3. The Balaban J connectivity index is 1.52. The predicted molar refractivity (Wildman–Crippen MR) is 153 cm³/mol. The number of benzene rings is 3. The molecule has 2 N–H and O–H groups in total. The summed E-state index contributed by atoms with van der Waals surface area (Å²) in [5, 5.41) is 21.3. The van der Waals surface area contributed by atoms with E-state index < -0.39 is 23.7 Å². The number of carbonyl (C=O) groups excluding carboxylic acids is 3. The molecular formula is C31H26N2O7S. The fourth-order valence-corrected chi connectivity index (χ4v) is 5.61. The molecule has 4 aromatic rings. The van der Waals surface area contributed by atoms with E-state index in [1.54, 1.807) is 43.3 Å². The Kier molecular flexibility index (Phi) is 7.58. The van der Waals surface area contributed by atoms with Gasteiger partial charge >= 0.3 is 11.9 Å². The number of aromatic nitrogens is 1. The Morgan fingerprint density at radius 1 is 1.02 bits per heavy atom. The van der Waals surface area contributed by atoms with Gasteiger partial charge in [0.1, 0.15) is 28.7 Å². The number of nitrogens with zero attached hydrogens (tertiary/aromatic N) is 2. The van der Waals surface area contributed by atoms with Crippen molar-refractivity contribution in [3.8, 4) is 11.5 Å². The quantitative estimate of drug-likeness (QED) is 0.130. The zero-order valence-corrected chi connectivity index (χ0v) is 23.3. The van der Waals surface area contributed by atoms with E-state index >= 15 is 0 Å². The molecule has 5 rings (SSSR count). The molecule has 3 aromatic carbocycles. The van der Waals surface area contributed by atoms with Gasteiger partial charge in [0, 0.05) is 5.56 Å². The number of phenols is 1. The minimum Gasteiger partial charge on any atom is -0.508 e.